The van der Waals surface area contributed by atoms with Crippen molar-refractivity contribution in [1.82, 2.24) is 9.44 Å². The summed E-state index contributed by atoms with van der Waals surface area (Å²) in [7, 11) is -3.90. The van der Waals surface area contributed by atoms with E-state index in [1.165, 1.54) is 0 Å². The zero-order valence-corrected chi connectivity index (χ0v) is 11.0. The summed E-state index contributed by atoms with van der Waals surface area (Å²) < 4.78 is 31.6. The van der Waals surface area contributed by atoms with Crippen molar-refractivity contribution >= 4 is 16.3 Å². The molecule has 0 unspecified atom stereocenters. The fraction of sp³-hybridized carbons (Fsp3) is 0.364. The van der Waals surface area contributed by atoms with Gasteiger partial charge in [0.05, 0.1) is 6.10 Å². The topological polar surface area (TPSA) is 84.5 Å². The largest absolute Gasteiger partial charge is 0.446 e. The Kier molecular flexibility index (Phi) is 5.11. The number of hydrogen-bond donors (Lipinski definition) is 2. The van der Waals surface area contributed by atoms with E-state index in [4.69, 9.17) is 0 Å². The molecule has 0 saturated carbocycles. The van der Waals surface area contributed by atoms with E-state index in [2.05, 4.69) is 9.46 Å². The van der Waals surface area contributed by atoms with Crippen molar-refractivity contribution < 1.29 is 17.9 Å². The van der Waals surface area contributed by atoms with E-state index >= 15 is 0 Å². The van der Waals surface area contributed by atoms with Crippen LogP contribution in [0.3, 0.4) is 0 Å². The second-order valence-electron chi connectivity index (χ2n) is 3.87. The van der Waals surface area contributed by atoms with Crippen molar-refractivity contribution in [2.24, 2.45) is 0 Å². The molecular formula is C11H16N2O4S. The lowest BCUT2D eigenvalue weighted by Crippen LogP contribution is -2.40. The first-order valence-electron chi connectivity index (χ1n) is 5.41. The van der Waals surface area contributed by atoms with Gasteiger partial charge < -0.3 is 4.74 Å². The Labute approximate surface area is 107 Å². The number of nitrogens with one attached hydrogen (secondary N) is 2. The van der Waals surface area contributed by atoms with Crippen molar-refractivity contribution in [3.63, 3.8) is 0 Å². The maximum absolute atomic E-state index is 11.5. The molecule has 0 saturated heterocycles. The first-order valence-corrected chi connectivity index (χ1v) is 6.89. The van der Waals surface area contributed by atoms with Crippen LogP contribution in [0.1, 0.15) is 19.4 Å². The van der Waals surface area contributed by atoms with E-state index in [-0.39, 0.29) is 12.6 Å². The number of carbonyl (C=O) groups excluding carboxylic acids is 1. The highest BCUT2D eigenvalue weighted by Gasteiger charge is 2.15. The molecule has 1 aromatic carbocycles. The zero-order chi connectivity index (χ0) is 13.6. The Bertz CT molecular complexity index is 485. The van der Waals surface area contributed by atoms with Crippen LogP contribution in [0.4, 0.5) is 4.79 Å². The highest BCUT2D eigenvalue weighted by atomic mass is 32.2. The third kappa shape index (κ3) is 5.65. The molecule has 0 aliphatic rings. The minimum Gasteiger partial charge on any atom is -0.446 e. The average Bonchev–Trinajstić information content (AvgIpc) is 2.26. The van der Waals surface area contributed by atoms with Crippen molar-refractivity contribution in [2.45, 2.75) is 26.5 Å². The summed E-state index contributed by atoms with van der Waals surface area (Å²) in [5, 5.41) is 0. The Balaban J connectivity index is 2.48. The fourth-order valence-electron chi connectivity index (χ4n) is 1.16. The minimum absolute atomic E-state index is 0.102. The number of rotatable bonds is 5. The quantitative estimate of drug-likeness (QED) is 0.842. The summed E-state index contributed by atoms with van der Waals surface area (Å²) in [6.45, 7) is 3.36. The fourth-order valence-corrected chi connectivity index (χ4v) is 1.85. The van der Waals surface area contributed by atoms with Crippen LogP contribution in [0, 0.1) is 0 Å². The van der Waals surface area contributed by atoms with E-state index in [9.17, 15) is 13.2 Å². The van der Waals surface area contributed by atoms with E-state index in [0.29, 0.717) is 0 Å². The Morgan fingerprint density at radius 3 is 2.44 bits per heavy atom. The van der Waals surface area contributed by atoms with Gasteiger partial charge >= 0.3 is 16.3 Å². The highest BCUT2D eigenvalue weighted by Crippen LogP contribution is 1.98. The number of ether oxygens (including phenoxy) is 1. The van der Waals surface area contributed by atoms with Gasteiger partial charge in [0.15, 0.2) is 0 Å². The van der Waals surface area contributed by atoms with E-state index in [1.54, 1.807) is 42.8 Å². The molecule has 0 spiro atoms. The molecule has 100 valence electrons. The van der Waals surface area contributed by atoms with Crippen molar-refractivity contribution in [2.75, 3.05) is 0 Å². The molecule has 0 radical (unpaired) electrons. The molecule has 7 heteroatoms. The standard InChI is InChI=1S/C11H16N2O4S/c1-9(2)17-11(14)13-18(15,16)12-8-10-6-4-3-5-7-10/h3-7,9,12H,8H2,1-2H3,(H,13,14). The summed E-state index contributed by atoms with van der Waals surface area (Å²) >= 11 is 0. The summed E-state index contributed by atoms with van der Waals surface area (Å²) in [6, 6.07) is 8.97. The Morgan fingerprint density at radius 1 is 1.28 bits per heavy atom. The predicted molar refractivity (Wildman–Crippen MR) is 67.0 cm³/mol. The third-order valence-electron chi connectivity index (χ3n) is 1.87. The molecule has 18 heavy (non-hydrogen) atoms. The van der Waals surface area contributed by atoms with Gasteiger partial charge in [-0.2, -0.15) is 13.1 Å². The second kappa shape index (κ2) is 6.36. The summed E-state index contributed by atoms with van der Waals surface area (Å²) in [6.07, 6.45) is -1.38. The van der Waals surface area contributed by atoms with Crippen LogP contribution in [0.5, 0.6) is 0 Å². The molecule has 0 aliphatic heterocycles. The van der Waals surface area contributed by atoms with Crippen molar-refractivity contribution in [1.29, 1.82) is 0 Å². The van der Waals surface area contributed by atoms with Crippen LogP contribution in [-0.4, -0.2) is 20.6 Å². The van der Waals surface area contributed by atoms with Crippen LogP contribution in [0.25, 0.3) is 0 Å². The number of amides is 1. The van der Waals surface area contributed by atoms with Gasteiger partial charge in [-0.15, -0.1) is 0 Å². The van der Waals surface area contributed by atoms with Crippen LogP contribution >= 0.6 is 0 Å². The van der Waals surface area contributed by atoms with Gasteiger partial charge in [0.1, 0.15) is 0 Å². The molecule has 0 aliphatic carbocycles. The normalized spacial score (nSPS) is 11.3. The first-order chi connectivity index (χ1) is 8.39. The van der Waals surface area contributed by atoms with Gasteiger partial charge in [0.25, 0.3) is 0 Å². The summed E-state index contributed by atoms with van der Waals surface area (Å²) in [5.41, 5.74) is 0.792. The molecule has 0 fully saturated rings. The lowest BCUT2D eigenvalue weighted by molar-refractivity contribution is 0.121. The van der Waals surface area contributed by atoms with Crippen molar-refractivity contribution in [3.05, 3.63) is 35.9 Å². The van der Waals surface area contributed by atoms with Crippen LogP contribution in [-0.2, 0) is 21.5 Å². The van der Waals surface area contributed by atoms with Gasteiger partial charge in [-0.05, 0) is 19.4 Å². The van der Waals surface area contributed by atoms with Gasteiger partial charge in [0, 0.05) is 6.54 Å². The predicted octanol–water partition coefficient (Wildman–Crippen LogP) is 1.16. The monoisotopic (exact) mass is 272 g/mol. The molecule has 2 N–H and O–H groups in total. The van der Waals surface area contributed by atoms with Crippen LogP contribution in [0.2, 0.25) is 0 Å². The molecule has 1 aromatic rings. The maximum Gasteiger partial charge on any atom is 0.422 e. The van der Waals surface area contributed by atoms with Gasteiger partial charge in [-0.1, -0.05) is 30.3 Å². The smallest absolute Gasteiger partial charge is 0.422 e. The second-order valence-corrected chi connectivity index (χ2v) is 5.37. The van der Waals surface area contributed by atoms with Gasteiger partial charge in [-0.3, -0.25) is 0 Å². The molecule has 1 rings (SSSR count). The van der Waals surface area contributed by atoms with Gasteiger partial charge in [-0.25, -0.2) is 9.52 Å². The molecule has 6 nitrogen and oxygen atoms in total. The van der Waals surface area contributed by atoms with Crippen molar-refractivity contribution in [3.8, 4) is 0 Å². The molecule has 1 amide bonds. The zero-order valence-electron chi connectivity index (χ0n) is 10.2. The Hall–Kier alpha value is -1.60. The minimum atomic E-state index is -3.90. The van der Waals surface area contributed by atoms with Crippen LogP contribution in [0.15, 0.2) is 30.3 Å². The molecule has 0 bridgehead atoms. The third-order valence-corrected chi connectivity index (χ3v) is 2.83. The van der Waals surface area contributed by atoms with E-state index in [0.717, 1.165) is 5.56 Å². The number of benzene rings is 1. The summed E-state index contributed by atoms with van der Waals surface area (Å²) in [4.78, 5) is 11.1. The van der Waals surface area contributed by atoms with E-state index in [1.807, 2.05) is 6.07 Å². The van der Waals surface area contributed by atoms with Gasteiger partial charge in [0.2, 0.25) is 0 Å². The Morgan fingerprint density at radius 2 is 1.89 bits per heavy atom. The molecule has 0 aromatic heterocycles. The average molecular weight is 272 g/mol. The lowest BCUT2D eigenvalue weighted by Gasteiger charge is -2.10. The summed E-state index contributed by atoms with van der Waals surface area (Å²) in [5.74, 6) is 0. The number of carbonyl (C=O) groups is 1. The SMILES string of the molecule is CC(C)OC(=O)NS(=O)(=O)NCc1ccccc1. The first kappa shape index (κ1) is 14.5. The van der Waals surface area contributed by atoms with Crippen LogP contribution < -0.4 is 9.44 Å². The molecular weight excluding hydrogens is 256 g/mol. The lowest BCUT2D eigenvalue weighted by atomic mass is 10.2. The molecule has 0 heterocycles. The highest BCUT2D eigenvalue weighted by molar-refractivity contribution is 7.88. The number of hydrogen-bond acceptors (Lipinski definition) is 4. The van der Waals surface area contributed by atoms with E-state index < -0.39 is 16.3 Å². The molecule has 0 atom stereocenters. The maximum atomic E-state index is 11.5.